The summed E-state index contributed by atoms with van der Waals surface area (Å²) in [6.45, 7) is 0.590. The quantitative estimate of drug-likeness (QED) is 0.865. The van der Waals surface area contributed by atoms with Crippen LogP contribution in [-0.2, 0) is 12.8 Å². The van der Waals surface area contributed by atoms with Crippen LogP contribution in [-0.4, -0.2) is 30.7 Å². The van der Waals surface area contributed by atoms with Gasteiger partial charge in [0.2, 0.25) is 0 Å². The number of hydrogen-bond acceptors (Lipinski definition) is 5. The molecule has 0 saturated carbocycles. The van der Waals surface area contributed by atoms with Gasteiger partial charge in [0.05, 0.1) is 14.2 Å². The zero-order valence-corrected chi connectivity index (χ0v) is 11.8. The second-order valence-electron chi connectivity index (χ2n) is 4.37. The van der Waals surface area contributed by atoms with Crippen molar-refractivity contribution >= 4 is 0 Å². The Morgan fingerprint density at radius 2 is 1.90 bits per heavy atom. The Labute approximate surface area is 118 Å². The molecule has 2 aromatic rings. The minimum atomic E-state index is 0.590. The monoisotopic (exact) mass is 273 g/mol. The Bertz CT molecular complexity index is 573. The van der Waals surface area contributed by atoms with Crippen LogP contribution in [0.1, 0.15) is 17.1 Å². The molecule has 0 radical (unpaired) electrons. The number of benzene rings is 1. The number of aromatic nitrogens is 2. The van der Waals surface area contributed by atoms with E-state index < -0.39 is 0 Å². The molecule has 20 heavy (non-hydrogen) atoms. The van der Waals surface area contributed by atoms with Gasteiger partial charge in [0, 0.05) is 24.7 Å². The third-order valence-corrected chi connectivity index (χ3v) is 2.97. The zero-order chi connectivity index (χ0) is 14.4. The van der Waals surface area contributed by atoms with Crippen LogP contribution in [0.3, 0.4) is 0 Å². The molecule has 106 valence electrons. The van der Waals surface area contributed by atoms with E-state index in [0.29, 0.717) is 24.5 Å². The largest absolute Gasteiger partial charge is 0.493 e. The molecule has 0 aliphatic rings. The van der Waals surface area contributed by atoms with Crippen molar-refractivity contribution in [1.29, 1.82) is 0 Å². The summed E-state index contributed by atoms with van der Waals surface area (Å²) in [7, 11) is 3.25. The Morgan fingerprint density at radius 1 is 1.10 bits per heavy atom. The number of methoxy groups -OCH3 is 2. The molecule has 1 heterocycles. The topological polar surface area (TPSA) is 70.3 Å². The van der Waals surface area contributed by atoms with Crippen molar-refractivity contribution < 1.29 is 9.47 Å². The maximum absolute atomic E-state index is 5.54. The van der Waals surface area contributed by atoms with E-state index in [0.717, 1.165) is 23.5 Å². The summed E-state index contributed by atoms with van der Waals surface area (Å²) in [6, 6.07) is 7.71. The molecule has 5 nitrogen and oxygen atoms in total. The highest BCUT2D eigenvalue weighted by Gasteiger charge is 2.07. The number of hydrogen-bond donors (Lipinski definition) is 1. The first kappa shape index (κ1) is 14.3. The van der Waals surface area contributed by atoms with Gasteiger partial charge in [0.15, 0.2) is 11.5 Å². The van der Waals surface area contributed by atoms with Crippen molar-refractivity contribution in [3.05, 3.63) is 47.5 Å². The molecule has 0 atom stereocenters. The van der Waals surface area contributed by atoms with Gasteiger partial charge in [0.1, 0.15) is 5.82 Å². The summed E-state index contributed by atoms with van der Waals surface area (Å²) in [5, 5.41) is 0. The van der Waals surface area contributed by atoms with E-state index in [-0.39, 0.29) is 0 Å². The first-order valence-corrected chi connectivity index (χ1v) is 6.48. The van der Waals surface area contributed by atoms with Gasteiger partial charge in [-0.3, -0.25) is 0 Å². The van der Waals surface area contributed by atoms with Crippen LogP contribution >= 0.6 is 0 Å². The Balaban J connectivity index is 2.19. The predicted molar refractivity (Wildman–Crippen MR) is 77.1 cm³/mol. The van der Waals surface area contributed by atoms with Crippen LogP contribution in [0.25, 0.3) is 0 Å². The minimum Gasteiger partial charge on any atom is -0.493 e. The third-order valence-electron chi connectivity index (χ3n) is 2.97. The minimum absolute atomic E-state index is 0.590. The van der Waals surface area contributed by atoms with E-state index >= 15 is 0 Å². The first-order chi connectivity index (χ1) is 9.76. The van der Waals surface area contributed by atoms with Crippen LogP contribution < -0.4 is 15.2 Å². The van der Waals surface area contributed by atoms with Gasteiger partial charge >= 0.3 is 0 Å². The number of ether oxygens (including phenoxy) is 2. The summed E-state index contributed by atoms with van der Waals surface area (Å²) in [5.74, 6) is 2.21. The fourth-order valence-corrected chi connectivity index (χ4v) is 1.99. The van der Waals surface area contributed by atoms with Crippen molar-refractivity contribution in [3.63, 3.8) is 0 Å². The van der Waals surface area contributed by atoms with Gasteiger partial charge in [-0.15, -0.1) is 0 Å². The first-order valence-electron chi connectivity index (χ1n) is 6.48. The highest BCUT2D eigenvalue weighted by Crippen LogP contribution is 2.28. The summed E-state index contributed by atoms with van der Waals surface area (Å²) in [5.41, 5.74) is 7.59. The van der Waals surface area contributed by atoms with E-state index in [1.807, 2.05) is 24.3 Å². The molecule has 0 unspecified atom stereocenters. The zero-order valence-electron chi connectivity index (χ0n) is 11.8. The third kappa shape index (κ3) is 3.45. The highest BCUT2D eigenvalue weighted by molar-refractivity contribution is 5.43. The van der Waals surface area contributed by atoms with E-state index in [9.17, 15) is 0 Å². The summed E-state index contributed by atoms with van der Waals surface area (Å²) in [4.78, 5) is 8.78. The number of nitrogens with two attached hydrogens (primary N) is 1. The van der Waals surface area contributed by atoms with Gasteiger partial charge in [0.25, 0.3) is 0 Å². The van der Waals surface area contributed by atoms with Crippen molar-refractivity contribution in [3.8, 4) is 11.5 Å². The van der Waals surface area contributed by atoms with Crippen molar-refractivity contribution in [2.24, 2.45) is 5.73 Å². The molecule has 1 aromatic carbocycles. The lowest BCUT2D eigenvalue weighted by atomic mass is 10.1. The highest BCUT2D eigenvalue weighted by atomic mass is 16.5. The summed E-state index contributed by atoms with van der Waals surface area (Å²) in [6.07, 6.45) is 3.19. The molecule has 0 aliphatic heterocycles. The van der Waals surface area contributed by atoms with Crippen molar-refractivity contribution in [2.45, 2.75) is 12.8 Å². The second-order valence-corrected chi connectivity index (χ2v) is 4.37. The van der Waals surface area contributed by atoms with E-state index in [1.165, 1.54) is 0 Å². The lowest BCUT2D eigenvalue weighted by molar-refractivity contribution is 0.354. The molecule has 1 aromatic heterocycles. The molecular formula is C15H19N3O2. The molecule has 0 spiro atoms. The number of nitrogens with zero attached hydrogens (tertiary/aromatic N) is 2. The van der Waals surface area contributed by atoms with E-state index in [2.05, 4.69) is 9.97 Å². The number of rotatable bonds is 6. The van der Waals surface area contributed by atoms with Gasteiger partial charge < -0.3 is 15.2 Å². The van der Waals surface area contributed by atoms with E-state index in [4.69, 9.17) is 15.2 Å². The smallest absolute Gasteiger partial charge is 0.161 e. The lowest BCUT2D eigenvalue weighted by Gasteiger charge is -2.09. The SMILES string of the molecule is COc1ccc(Cc2nccc(CCN)n2)cc1OC. The van der Waals surface area contributed by atoms with Crippen LogP contribution in [0.4, 0.5) is 0 Å². The summed E-state index contributed by atoms with van der Waals surface area (Å²) < 4.78 is 10.5. The fourth-order valence-electron chi connectivity index (χ4n) is 1.99. The summed E-state index contributed by atoms with van der Waals surface area (Å²) >= 11 is 0. The van der Waals surface area contributed by atoms with Crippen molar-refractivity contribution in [1.82, 2.24) is 9.97 Å². The van der Waals surface area contributed by atoms with Crippen LogP contribution in [0.2, 0.25) is 0 Å². The predicted octanol–water partition coefficient (Wildman–Crippen LogP) is 1.59. The fraction of sp³-hybridized carbons (Fsp3) is 0.333. The molecule has 2 N–H and O–H groups in total. The van der Waals surface area contributed by atoms with Crippen LogP contribution in [0.15, 0.2) is 30.5 Å². The molecule has 0 bridgehead atoms. The second kappa shape index (κ2) is 6.86. The molecule has 0 fully saturated rings. The average Bonchev–Trinajstić information content (AvgIpc) is 2.48. The normalized spacial score (nSPS) is 10.3. The molecular weight excluding hydrogens is 254 g/mol. The lowest BCUT2D eigenvalue weighted by Crippen LogP contribution is -2.07. The molecule has 0 saturated heterocycles. The Kier molecular flexibility index (Phi) is 4.90. The van der Waals surface area contributed by atoms with E-state index in [1.54, 1.807) is 20.4 Å². The molecule has 2 rings (SSSR count). The van der Waals surface area contributed by atoms with Gasteiger partial charge in [-0.25, -0.2) is 9.97 Å². The maximum atomic E-state index is 5.54. The molecule has 5 heteroatoms. The Hall–Kier alpha value is -2.14. The van der Waals surface area contributed by atoms with Crippen molar-refractivity contribution in [2.75, 3.05) is 20.8 Å². The molecule has 0 amide bonds. The Morgan fingerprint density at radius 3 is 2.60 bits per heavy atom. The average molecular weight is 273 g/mol. The van der Waals surface area contributed by atoms with Crippen LogP contribution in [0, 0.1) is 0 Å². The maximum Gasteiger partial charge on any atom is 0.161 e. The standard InChI is InChI=1S/C15H19N3O2/c1-19-13-4-3-11(9-14(13)20-2)10-15-17-8-6-12(18-15)5-7-16/h3-4,6,8-9H,5,7,10,16H2,1-2H3. The van der Waals surface area contributed by atoms with Crippen LogP contribution in [0.5, 0.6) is 11.5 Å². The van der Waals surface area contributed by atoms with Gasteiger partial charge in [-0.05, 0) is 30.3 Å². The molecule has 0 aliphatic carbocycles. The van der Waals surface area contributed by atoms with Gasteiger partial charge in [-0.2, -0.15) is 0 Å². The van der Waals surface area contributed by atoms with Gasteiger partial charge in [-0.1, -0.05) is 6.07 Å².